The maximum absolute atomic E-state index is 12.9. The minimum atomic E-state index is -0.547. The highest BCUT2D eigenvalue weighted by Crippen LogP contribution is 2.33. The van der Waals surface area contributed by atoms with E-state index in [0.717, 1.165) is 43.5 Å². The molecule has 1 saturated heterocycles. The van der Waals surface area contributed by atoms with Crippen molar-refractivity contribution in [3.8, 4) is 5.75 Å². The van der Waals surface area contributed by atoms with Gasteiger partial charge >= 0.3 is 0 Å². The van der Waals surface area contributed by atoms with Crippen molar-refractivity contribution in [1.29, 1.82) is 0 Å². The van der Waals surface area contributed by atoms with Gasteiger partial charge in [-0.25, -0.2) is 5.06 Å². The second kappa shape index (κ2) is 10.5. The quantitative estimate of drug-likeness (QED) is 0.515. The highest BCUT2D eigenvalue weighted by Gasteiger charge is 2.30. The van der Waals surface area contributed by atoms with Gasteiger partial charge in [-0.15, -0.1) is 0 Å². The number of carbonyl (C=O) groups excluding carboxylic acids is 2. The summed E-state index contributed by atoms with van der Waals surface area (Å²) in [5, 5.41) is 14.3. The van der Waals surface area contributed by atoms with E-state index in [1.54, 1.807) is 0 Å². The third-order valence-corrected chi connectivity index (χ3v) is 6.50. The van der Waals surface area contributed by atoms with Crippen molar-refractivity contribution in [2.75, 3.05) is 32.1 Å². The highest BCUT2D eigenvalue weighted by molar-refractivity contribution is 6.34. The van der Waals surface area contributed by atoms with Crippen LogP contribution in [0.3, 0.4) is 0 Å². The Balaban J connectivity index is 1.61. The molecule has 2 amide bonds. The molecule has 30 heavy (non-hydrogen) atoms. The number of nitrogens with zero attached hydrogens (tertiary/aromatic N) is 2. The molecule has 1 aliphatic heterocycles. The molecule has 0 unspecified atom stereocenters. The van der Waals surface area contributed by atoms with Crippen molar-refractivity contribution >= 4 is 29.1 Å². The molecule has 1 aromatic carbocycles. The highest BCUT2D eigenvalue weighted by atomic mass is 35.5. The first-order valence-corrected chi connectivity index (χ1v) is 11.2. The Morgan fingerprint density at radius 2 is 1.87 bits per heavy atom. The summed E-state index contributed by atoms with van der Waals surface area (Å²) in [7, 11) is 1.43. The van der Waals surface area contributed by atoms with E-state index in [1.165, 1.54) is 58.3 Å². The first-order chi connectivity index (χ1) is 14.4. The molecule has 3 rings (SSSR count). The molecule has 2 aliphatic rings. The lowest BCUT2D eigenvalue weighted by atomic mass is 9.88. The first-order valence-electron chi connectivity index (χ1n) is 10.8. The third-order valence-electron chi connectivity index (χ3n) is 6.18. The van der Waals surface area contributed by atoms with Crippen LogP contribution in [-0.4, -0.2) is 59.8 Å². The van der Waals surface area contributed by atoms with E-state index in [-0.39, 0.29) is 28.3 Å². The number of hydrogen-bond donors (Lipinski definition) is 2. The smallest absolute Gasteiger partial charge is 0.281 e. The van der Waals surface area contributed by atoms with Crippen molar-refractivity contribution in [1.82, 2.24) is 9.96 Å². The Labute approximate surface area is 183 Å². The van der Waals surface area contributed by atoms with Gasteiger partial charge < -0.3 is 15.0 Å². The maximum Gasteiger partial charge on any atom is 0.281 e. The largest absolute Gasteiger partial charge is 0.496 e. The zero-order chi connectivity index (χ0) is 21.7. The van der Waals surface area contributed by atoms with Gasteiger partial charge in [-0.2, -0.15) is 0 Å². The average Bonchev–Trinajstić information content (AvgIpc) is 2.75. The standard InChI is InChI=1S/C22H32ClN3O4/c1-15(27)24-20-13-21(30-2)18(12-19(20)23)22(28)26(29)17-8-10-25(11-9-17)14-16-6-4-3-5-7-16/h12-13,16-17,29H,3-11,14H2,1-2H3,(H,24,27). The normalized spacial score (nSPS) is 18.8. The minimum Gasteiger partial charge on any atom is -0.496 e. The van der Waals surface area contributed by atoms with Crippen LogP contribution in [0.5, 0.6) is 5.75 Å². The molecule has 8 heteroatoms. The molecule has 1 aliphatic carbocycles. The lowest BCUT2D eigenvalue weighted by Gasteiger charge is -2.37. The van der Waals surface area contributed by atoms with Crippen LogP contribution in [-0.2, 0) is 4.79 Å². The molecule has 0 spiro atoms. The summed E-state index contributed by atoms with van der Waals surface area (Å²) in [4.78, 5) is 26.7. The number of nitrogens with one attached hydrogen (secondary N) is 1. The van der Waals surface area contributed by atoms with Gasteiger partial charge in [0.2, 0.25) is 5.91 Å². The van der Waals surface area contributed by atoms with E-state index >= 15 is 0 Å². The summed E-state index contributed by atoms with van der Waals surface area (Å²) in [5.74, 6) is 0.216. The van der Waals surface area contributed by atoms with Gasteiger partial charge in [-0.1, -0.05) is 30.9 Å². The summed E-state index contributed by atoms with van der Waals surface area (Å²) in [6.07, 6.45) is 8.14. The number of rotatable bonds is 6. The number of methoxy groups -OCH3 is 1. The van der Waals surface area contributed by atoms with Crippen LogP contribution >= 0.6 is 11.6 Å². The lowest BCUT2D eigenvalue weighted by molar-refractivity contribution is -0.114. The number of amides is 2. The minimum absolute atomic E-state index is 0.170. The second-order valence-corrected chi connectivity index (χ2v) is 8.81. The molecule has 0 bridgehead atoms. The molecule has 0 aromatic heterocycles. The number of piperidine rings is 1. The number of likely N-dealkylation sites (tertiary alicyclic amines) is 1. The Bertz CT molecular complexity index is 759. The summed E-state index contributed by atoms with van der Waals surface area (Å²) >= 11 is 6.22. The van der Waals surface area contributed by atoms with E-state index in [2.05, 4.69) is 10.2 Å². The van der Waals surface area contributed by atoms with Crippen LogP contribution in [0.25, 0.3) is 0 Å². The maximum atomic E-state index is 12.9. The SMILES string of the molecule is COc1cc(NC(C)=O)c(Cl)cc1C(=O)N(O)C1CCN(CC2CCCCC2)CC1. The van der Waals surface area contributed by atoms with E-state index in [0.29, 0.717) is 5.69 Å². The second-order valence-electron chi connectivity index (χ2n) is 8.40. The molecular formula is C22H32ClN3O4. The molecule has 2 fully saturated rings. The fraction of sp³-hybridized carbons (Fsp3) is 0.636. The Morgan fingerprint density at radius 1 is 1.20 bits per heavy atom. The summed E-state index contributed by atoms with van der Waals surface area (Å²) in [5.41, 5.74) is 0.529. The van der Waals surface area contributed by atoms with Crippen LogP contribution < -0.4 is 10.1 Å². The molecule has 1 heterocycles. The van der Waals surface area contributed by atoms with E-state index in [1.807, 2.05) is 0 Å². The Morgan fingerprint density at radius 3 is 2.47 bits per heavy atom. The zero-order valence-electron chi connectivity index (χ0n) is 17.8. The van der Waals surface area contributed by atoms with Gasteiger partial charge in [-0.05, 0) is 37.7 Å². The predicted octanol–water partition coefficient (Wildman–Crippen LogP) is 4.18. The number of anilines is 1. The zero-order valence-corrected chi connectivity index (χ0v) is 18.6. The molecule has 2 N–H and O–H groups in total. The third kappa shape index (κ3) is 5.65. The number of benzene rings is 1. The Hall–Kier alpha value is -1.83. The fourth-order valence-corrected chi connectivity index (χ4v) is 4.76. The lowest BCUT2D eigenvalue weighted by Crippen LogP contribution is -2.47. The van der Waals surface area contributed by atoms with Crippen LogP contribution in [0.2, 0.25) is 5.02 Å². The van der Waals surface area contributed by atoms with E-state index in [4.69, 9.17) is 16.3 Å². The van der Waals surface area contributed by atoms with Crippen LogP contribution in [0.15, 0.2) is 12.1 Å². The fourth-order valence-electron chi connectivity index (χ4n) is 4.55. The number of hydrogen-bond acceptors (Lipinski definition) is 5. The molecule has 1 aromatic rings. The predicted molar refractivity (Wildman–Crippen MR) is 116 cm³/mol. The van der Waals surface area contributed by atoms with Gasteiger partial charge in [0.15, 0.2) is 0 Å². The molecular weight excluding hydrogens is 406 g/mol. The topological polar surface area (TPSA) is 82.1 Å². The van der Waals surface area contributed by atoms with Gasteiger partial charge in [0.1, 0.15) is 5.75 Å². The molecule has 7 nitrogen and oxygen atoms in total. The van der Waals surface area contributed by atoms with Gasteiger partial charge in [-0.3, -0.25) is 14.8 Å². The number of halogens is 1. The number of ether oxygens (including phenoxy) is 1. The molecule has 0 atom stereocenters. The number of hydroxylamine groups is 2. The van der Waals surface area contributed by atoms with Crippen molar-refractivity contribution in [3.05, 3.63) is 22.7 Å². The van der Waals surface area contributed by atoms with E-state index < -0.39 is 5.91 Å². The van der Waals surface area contributed by atoms with Crippen molar-refractivity contribution in [2.24, 2.45) is 5.92 Å². The summed E-state index contributed by atoms with van der Waals surface area (Å²) < 4.78 is 5.31. The van der Waals surface area contributed by atoms with E-state index in [9.17, 15) is 14.8 Å². The monoisotopic (exact) mass is 437 g/mol. The van der Waals surface area contributed by atoms with Crippen LogP contribution in [0.4, 0.5) is 5.69 Å². The van der Waals surface area contributed by atoms with Crippen LogP contribution in [0.1, 0.15) is 62.2 Å². The molecule has 0 radical (unpaired) electrons. The van der Waals surface area contributed by atoms with Crippen molar-refractivity contribution in [2.45, 2.75) is 57.9 Å². The number of carbonyl (C=O) groups is 2. The average molecular weight is 438 g/mol. The van der Waals surface area contributed by atoms with Gasteiger partial charge in [0.25, 0.3) is 5.91 Å². The van der Waals surface area contributed by atoms with Gasteiger partial charge in [0, 0.05) is 32.6 Å². The van der Waals surface area contributed by atoms with Crippen molar-refractivity contribution in [3.63, 3.8) is 0 Å². The first kappa shape index (κ1) is 22.8. The van der Waals surface area contributed by atoms with Gasteiger partial charge in [0.05, 0.1) is 29.4 Å². The summed E-state index contributed by atoms with van der Waals surface area (Å²) in [6, 6.07) is 2.69. The van der Waals surface area contributed by atoms with Crippen molar-refractivity contribution < 1.29 is 19.5 Å². The Kier molecular flexibility index (Phi) is 7.97. The van der Waals surface area contributed by atoms with Crippen LogP contribution in [0, 0.1) is 5.92 Å². The molecule has 1 saturated carbocycles. The molecule has 166 valence electrons. The summed E-state index contributed by atoms with van der Waals surface area (Å²) in [6.45, 7) is 4.26.